The maximum atomic E-state index is 14.5. The minimum atomic E-state index is -0.900. The number of anilines is 2. The van der Waals surface area contributed by atoms with Gasteiger partial charge >= 0.3 is 0 Å². The number of hydrogen-bond donors (Lipinski definition) is 1. The molecular weight excluding hydrogens is 430 g/mol. The van der Waals surface area contributed by atoms with Crippen LogP contribution in [0.2, 0.25) is 0 Å². The predicted molar refractivity (Wildman–Crippen MR) is 120 cm³/mol. The molecule has 2 amide bonds. The molecule has 0 saturated heterocycles. The molecule has 3 aromatic carbocycles. The molecule has 0 aromatic heterocycles. The highest BCUT2D eigenvalue weighted by Crippen LogP contribution is 2.37. The lowest BCUT2D eigenvalue weighted by atomic mass is 10.0. The molecule has 0 bridgehead atoms. The van der Waals surface area contributed by atoms with Gasteiger partial charge in [0.25, 0.3) is 11.8 Å². The van der Waals surface area contributed by atoms with E-state index in [4.69, 9.17) is 9.47 Å². The fourth-order valence-electron chi connectivity index (χ4n) is 3.56. The summed E-state index contributed by atoms with van der Waals surface area (Å²) in [5.74, 6) is -2.26. The van der Waals surface area contributed by atoms with E-state index in [0.717, 1.165) is 18.2 Å². The maximum absolute atomic E-state index is 14.5. The van der Waals surface area contributed by atoms with Gasteiger partial charge in [0.2, 0.25) is 0 Å². The highest BCUT2D eigenvalue weighted by Gasteiger charge is 2.41. The third-order valence-corrected chi connectivity index (χ3v) is 5.05. The summed E-state index contributed by atoms with van der Waals surface area (Å²) in [6.07, 6.45) is 0. The summed E-state index contributed by atoms with van der Waals surface area (Å²) in [7, 11) is 1.47. The number of hydrogen-bond acceptors (Lipinski definition) is 5. The molecule has 0 unspecified atom stereocenters. The van der Waals surface area contributed by atoms with Crippen molar-refractivity contribution in [3.05, 3.63) is 89.6 Å². The zero-order valence-corrected chi connectivity index (χ0v) is 17.9. The monoisotopic (exact) mass is 450 g/mol. The van der Waals surface area contributed by atoms with Gasteiger partial charge in [0, 0.05) is 6.07 Å². The number of methoxy groups -OCH3 is 1. The summed E-state index contributed by atoms with van der Waals surface area (Å²) in [6, 6.07) is 16.0. The van der Waals surface area contributed by atoms with E-state index in [1.54, 1.807) is 48.5 Å². The second-order valence-corrected chi connectivity index (χ2v) is 7.07. The number of nitrogens with zero attached hydrogens (tertiary/aromatic N) is 1. The van der Waals surface area contributed by atoms with Crippen LogP contribution in [0.4, 0.5) is 20.2 Å². The Labute approximate surface area is 189 Å². The number of carbonyl (C=O) groups excluding carboxylic acids is 2. The van der Waals surface area contributed by atoms with Crippen LogP contribution < -0.4 is 19.7 Å². The average Bonchev–Trinajstić information content (AvgIpc) is 3.06. The second kappa shape index (κ2) is 9.12. The Hall–Kier alpha value is -4.20. The fraction of sp³-hybridized carbons (Fsp3) is 0.120. The van der Waals surface area contributed by atoms with Crippen LogP contribution in [0.3, 0.4) is 0 Å². The molecule has 0 spiro atoms. The molecule has 0 aliphatic carbocycles. The van der Waals surface area contributed by atoms with Gasteiger partial charge in [0.05, 0.1) is 30.7 Å². The highest BCUT2D eigenvalue weighted by atomic mass is 19.1. The van der Waals surface area contributed by atoms with Crippen molar-refractivity contribution in [2.45, 2.75) is 6.92 Å². The van der Waals surface area contributed by atoms with Crippen LogP contribution in [0.15, 0.2) is 72.4 Å². The van der Waals surface area contributed by atoms with Crippen LogP contribution >= 0.6 is 0 Å². The molecule has 1 aliphatic heterocycles. The van der Waals surface area contributed by atoms with Crippen LogP contribution in [0.25, 0.3) is 5.57 Å². The zero-order chi connectivity index (χ0) is 23.5. The summed E-state index contributed by atoms with van der Waals surface area (Å²) >= 11 is 0. The molecule has 4 rings (SSSR count). The van der Waals surface area contributed by atoms with E-state index in [-0.39, 0.29) is 11.3 Å². The van der Waals surface area contributed by atoms with Gasteiger partial charge in [-0.15, -0.1) is 0 Å². The van der Waals surface area contributed by atoms with Crippen LogP contribution in [0, 0.1) is 11.6 Å². The molecule has 0 atom stereocenters. The number of carbonyl (C=O) groups is 2. The number of amides is 2. The summed E-state index contributed by atoms with van der Waals surface area (Å²) in [5.41, 5.74) is 0.301. The molecular formula is C25H20F2N2O4. The van der Waals surface area contributed by atoms with E-state index < -0.39 is 29.1 Å². The first-order valence-electron chi connectivity index (χ1n) is 10.2. The second-order valence-electron chi connectivity index (χ2n) is 7.07. The van der Waals surface area contributed by atoms with E-state index in [9.17, 15) is 18.4 Å². The van der Waals surface area contributed by atoms with Gasteiger partial charge < -0.3 is 14.8 Å². The Bertz CT molecular complexity index is 1260. The summed E-state index contributed by atoms with van der Waals surface area (Å²) in [6.45, 7) is 2.31. The van der Waals surface area contributed by atoms with E-state index in [1.165, 1.54) is 7.11 Å². The van der Waals surface area contributed by atoms with E-state index in [1.807, 2.05) is 6.92 Å². The third-order valence-electron chi connectivity index (χ3n) is 5.05. The van der Waals surface area contributed by atoms with E-state index >= 15 is 0 Å². The van der Waals surface area contributed by atoms with Crippen LogP contribution in [0.1, 0.15) is 12.5 Å². The molecule has 3 aromatic rings. The Morgan fingerprint density at radius 2 is 1.67 bits per heavy atom. The molecule has 8 heteroatoms. The molecule has 168 valence electrons. The van der Waals surface area contributed by atoms with Crippen molar-refractivity contribution in [1.82, 2.24) is 0 Å². The normalized spacial score (nSPS) is 13.5. The molecule has 0 radical (unpaired) electrons. The standard InChI is InChI=1S/C25H20F2N2O4/c1-3-33-17-11-8-15(9-12-17)22-23(28-19-6-4-5-7-21(19)32-2)25(31)29(24(22)30)20-14-16(26)10-13-18(20)27/h4-14,28H,3H2,1-2H3. The van der Waals surface area contributed by atoms with Crippen LogP contribution in [0.5, 0.6) is 11.5 Å². The molecule has 33 heavy (non-hydrogen) atoms. The van der Waals surface area contributed by atoms with Crippen molar-refractivity contribution in [2.75, 3.05) is 23.9 Å². The molecule has 6 nitrogen and oxygen atoms in total. The third kappa shape index (κ3) is 4.15. The zero-order valence-electron chi connectivity index (χ0n) is 17.9. The molecule has 1 heterocycles. The van der Waals surface area contributed by atoms with Gasteiger partial charge in [-0.05, 0) is 48.9 Å². The fourth-order valence-corrected chi connectivity index (χ4v) is 3.56. The van der Waals surface area contributed by atoms with Gasteiger partial charge in [-0.25, -0.2) is 13.7 Å². The van der Waals surface area contributed by atoms with Crippen LogP contribution in [-0.2, 0) is 9.59 Å². The minimum Gasteiger partial charge on any atom is -0.495 e. The summed E-state index contributed by atoms with van der Waals surface area (Å²) in [4.78, 5) is 27.4. The number of imide groups is 1. The average molecular weight is 450 g/mol. The quantitative estimate of drug-likeness (QED) is 0.526. The lowest BCUT2D eigenvalue weighted by Gasteiger charge is -2.16. The Morgan fingerprint density at radius 3 is 2.36 bits per heavy atom. The molecule has 1 N–H and O–H groups in total. The first-order valence-corrected chi connectivity index (χ1v) is 10.2. The lowest BCUT2D eigenvalue weighted by molar-refractivity contribution is -0.120. The summed E-state index contributed by atoms with van der Waals surface area (Å²) in [5, 5.41) is 2.96. The number of nitrogens with one attached hydrogen (secondary N) is 1. The summed E-state index contributed by atoms with van der Waals surface area (Å²) < 4.78 is 39.1. The molecule has 1 aliphatic rings. The van der Waals surface area contributed by atoms with Gasteiger partial charge in [-0.3, -0.25) is 9.59 Å². The van der Waals surface area contributed by atoms with Gasteiger partial charge in [0.1, 0.15) is 28.8 Å². The number of benzene rings is 3. The Balaban J connectivity index is 1.84. The Morgan fingerprint density at radius 1 is 0.939 bits per heavy atom. The maximum Gasteiger partial charge on any atom is 0.282 e. The van der Waals surface area contributed by atoms with E-state index in [0.29, 0.717) is 34.3 Å². The molecule has 0 saturated carbocycles. The van der Waals surface area contributed by atoms with Crippen molar-refractivity contribution in [3.63, 3.8) is 0 Å². The highest BCUT2D eigenvalue weighted by molar-refractivity contribution is 6.46. The SMILES string of the molecule is CCOc1ccc(C2=C(Nc3ccccc3OC)C(=O)N(c3cc(F)ccc3F)C2=O)cc1. The number of rotatable bonds is 7. The van der Waals surface area contributed by atoms with Crippen molar-refractivity contribution < 1.29 is 27.8 Å². The van der Waals surface area contributed by atoms with Gasteiger partial charge in [-0.1, -0.05) is 24.3 Å². The lowest BCUT2D eigenvalue weighted by Crippen LogP contribution is -2.33. The number of halogens is 2. The first-order chi connectivity index (χ1) is 15.9. The van der Waals surface area contributed by atoms with Crippen molar-refractivity contribution in [3.8, 4) is 11.5 Å². The minimum absolute atomic E-state index is 0.0117. The van der Waals surface area contributed by atoms with E-state index in [2.05, 4.69) is 5.32 Å². The van der Waals surface area contributed by atoms with Gasteiger partial charge in [0.15, 0.2) is 0 Å². The largest absolute Gasteiger partial charge is 0.495 e. The number of para-hydroxylation sites is 2. The predicted octanol–water partition coefficient (Wildman–Crippen LogP) is 4.77. The van der Waals surface area contributed by atoms with Gasteiger partial charge in [-0.2, -0.15) is 0 Å². The first kappa shape index (κ1) is 22.0. The topological polar surface area (TPSA) is 67.9 Å². The Kier molecular flexibility index (Phi) is 6.08. The smallest absolute Gasteiger partial charge is 0.282 e. The van der Waals surface area contributed by atoms with Crippen LogP contribution in [-0.4, -0.2) is 25.5 Å². The van der Waals surface area contributed by atoms with Crippen molar-refractivity contribution >= 4 is 28.8 Å². The van der Waals surface area contributed by atoms with Crippen molar-refractivity contribution in [2.24, 2.45) is 0 Å². The number of ether oxygens (including phenoxy) is 2. The molecule has 0 fully saturated rings. The van der Waals surface area contributed by atoms with Crippen molar-refractivity contribution in [1.29, 1.82) is 0 Å².